The highest BCUT2D eigenvalue weighted by Crippen LogP contribution is 2.26. The number of rotatable bonds is 2. The van der Waals surface area contributed by atoms with Crippen LogP contribution in [0.25, 0.3) is 11.6 Å². The van der Waals surface area contributed by atoms with E-state index in [0.717, 1.165) is 25.9 Å². The maximum absolute atomic E-state index is 9.68. The number of piperidine rings is 1. The van der Waals surface area contributed by atoms with E-state index in [4.69, 9.17) is 4.52 Å². The van der Waals surface area contributed by atoms with Gasteiger partial charge in [0.05, 0.1) is 0 Å². The van der Waals surface area contributed by atoms with Crippen LogP contribution >= 0.6 is 0 Å². The number of hydrogen-bond donors (Lipinski definition) is 1. The third-order valence-corrected chi connectivity index (χ3v) is 3.04. The molecule has 0 saturated carbocycles. The minimum Gasteiger partial charge on any atom is -0.505 e. The van der Waals surface area contributed by atoms with Crippen LogP contribution in [0.2, 0.25) is 0 Å². The van der Waals surface area contributed by atoms with E-state index in [-0.39, 0.29) is 11.6 Å². The molecule has 0 amide bonds. The molecule has 2 aromatic heterocycles. The first-order valence-corrected chi connectivity index (χ1v) is 6.07. The third-order valence-electron chi connectivity index (χ3n) is 3.04. The molecule has 0 spiro atoms. The minimum absolute atomic E-state index is 0.0475. The molecule has 0 radical (unpaired) electrons. The zero-order valence-electron chi connectivity index (χ0n) is 9.91. The number of hydrogen-bond acceptors (Lipinski definition) is 6. The van der Waals surface area contributed by atoms with E-state index in [0.29, 0.717) is 11.6 Å². The monoisotopic (exact) mass is 246 g/mol. The van der Waals surface area contributed by atoms with E-state index in [1.54, 1.807) is 18.3 Å². The Morgan fingerprint density at radius 1 is 1.22 bits per heavy atom. The maximum Gasteiger partial charge on any atom is 0.281 e. The van der Waals surface area contributed by atoms with Gasteiger partial charge in [0.2, 0.25) is 0 Å². The Kier molecular flexibility index (Phi) is 2.84. The Labute approximate surface area is 104 Å². The maximum atomic E-state index is 9.68. The van der Waals surface area contributed by atoms with E-state index < -0.39 is 0 Å². The summed E-state index contributed by atoms with van der Waals surface area (Å²) in [6.45, 7) is 1.90. The van der Waals surface area contributed by atoms with E-state index in [1.807, 2.05) is 0 Å². The lowest BCUT2D eigenvalue weighted by Gasteiger charge is -2.24. The fourth-order valence-electron chi connectivity index (χ4n) is 2.10. The molecule has 1 saturated heterocycles. The van der Waals surface area contributed by atoms with Crippen LogP contribution in [0.3, 0.4) is 0 Å². The Hall–Kier alpha value is -2.11. The Bertz CT molecular complexity index is 534. The van der Waals surface area contributed by atoms with Crippen molar-refractivity contribution in [2.45, 2.75) is 19.3 Å². The summed E-state index contributed by atoms with van der Waals surface area (Å²) in [4.78, 5) is 10.4. The molecule has 18 heavy (non-hydrogen) atoms. The van der Waals surface area contributed by atoms with Crippen molar-refractivity contribution in [2.24, 2.45) is 0 Å². The van der Waals surface area contributed by atoms with Crippen molar-refractivity contribution in [1.29, 1.82) is 0 Å². The van der Waals surface area contributed by atoms with Crippen LogP contribution in [-0.2, 0) is 0 Å². The summed E-state index contributed by atoms with van der Waals surface area (Å²) >= 11 is 0. The Morgan fingerprint density at radius 2 is 2.06 bits per heavy atom. The highest BCUT2D eigenvalue weighted by molar-refractivity contribution is 5.57. The summed E-state index contributed by atoms with van der Waals surface area (Å²) in [6.07, 6.45) is 5.14. The molecule has 2 aromatic rings. The molecule has 0 bridgehead atoms. The molecule has 0 aliphatic carbocycles. The van der Waals surface area contributed by atoms with Crippen LogP contribution in [-0.4, -0.2) is 33.3 Å². The first-order chi connectivity index (χ1) is 8.84. The fourth-order valence-corrected chi connectivity index (χ4v) is 2.10. The molecule has 1 aliphatic rings. The lowest BCUT2D eigenvalue weighted by Crippen LogP contribution is -2.30. The molecular formula is C12H14N4O2. The molecule has 0 aromatic carbocycles. The molecule has 3 heterocycles. The minimum atomic E-state index is 0.0475. The molecule has 0 unspecified atom stereocenters. The summed E-state index contributed by atoms with van der Waals surface area (Å²) in [5.74, 6) is 0.884. The van der Waals surface area contributed by atoms with Crippen molar-refractivity contribution >= 4 is 5.95 Å². The van der Waals surface area contributed by atoms with Crippen molar-refractivity contribution in [1.82, 2.24) is 15.1 Å². The normalized spacial score (nSPS) is 15.9. The summed E-state index contributed by atoms with van der Waals surface area (Å²) < 4.78 is 5.16. The predicted octanol–water partition coefficient (Wildman–Crippen LogP) is 1.83. The molecule has 6 nitrogen and oxygen atoms in total. The van der Waals surface area contributed by atoms with Gasteiger partial charge in [0.15, 0.2) is 5.69 Å². The lowest BCUT2D eigenvalue weighted by molar-refractivity contribution is 0.419. The highest BCUT2D eigenvalue weighted by Gasteiger charge is 2.19. The largest absolute Gasteiger partial charge is 0.505 e. The quantitative estimate of drug-likeness (QED) is 0.871. The summed E-state index contributed by atoms with van der Waals surface area (Å²) in [5.41, 5.74) is 0.327. The Morgan fingerprint density at radius 3 is 2.83 bits per heavy atom. The lowest BCUT2D eigenvalue weighted by atomic mass is 10.1. The second-order valence-electron chi connectivity index (χ2n) is 4.32. The van der Waals surface area contributed by atoms with Gasteiger partial charge in [-0.15, -0.1) is 0 Å². The van der Waals surface area contributed by atoms with Crippen LogP contribution in [0.4, 0.5) is 5.95 Å². The van der Waals surface area contributed by atoms with Crippen molar-refractivity contribution in [3.63, 3.8) is 0 Å². The smallest absolute Gasteiger partial charge is 0.281 e. The van der Waals surface area contributed by atoms with Gasteiger partial charge in [-0.25, -0.2) is 4.98 Å². The number of anilines is 1. The van der Waals surface area contributed by atoms with E-state index in [2.05, 4.69) is 20.0 Å². The van der Waals surface area contributed by atoms with Gasteiger partial charge in [-0.05, 0) is 36.6 Å². The van der Waals surface area contributed by atoms with Gasteiger partial charge in [-0.3, -0.25) is 0 Å². The molecule has 6 heteroatoms. The zero-order chi connectivity index (χ0) is 12.4. The fraction of sp³-hybridized carbons (Fsp3) is 0.417. The average molecular weight is 246 g/mol. The standard InChI is InChI=1S/C12H14N4O2/c17-9-5-4-6-13-10(9)11-14-12(15-18-11)16-7-2-1-3-8-16/h4-6,17H,1-3,7-8H2. The van der Waals surface area contributed by atoms with Crippen molar-refractivity contribution in [3.05, 3.63) is 18.3 Å². The van der Waals surface area contributed by atoms with Crippen molar-refractivity contribution in [3.8, 4) is 17.3 Å². The van der Waals surface area contributed by atoms with Gasteiger partial charge in [0.25, 0.3) is 11.8 Å². The summed E-state index contributed by atoms with van der Waals surface area (Å²) in [6, 6.07) is 3.20. The number of aromatic hydroxyl groups is 1. The van der Waals surface area contributed by atoms with Gasteiger partial charge in [-0.2, -0.15) is 4.98 Å². The van der Waals surface area contributed by atoms with Gasteiger partial charge in [0.1, 0.15) is 5.75 Å². The molecule has 94 valence electrons. The average Bonchev–Trinajstić information content (AvgIpc) is 2.90. The van der Waals surface area contributed by atoms with E-state index in [9.17, 15) is 5.11 Å². The second kappa shape index (κ2) is 4.64. The van der Waals surface area contributed by atoms with Gasteiger partial charge >= 0.3 is 0 Å². The van der Waals surface area contributed by atoms with Gasteiger partial charge < -0.3 is 14.5 Å². The number of aromatic nitrogens is 3. The number of pyridine rings is 1. The molecular weight excluding hydrogens is 232 g/mol. The van der Waals surface area contributed by atoms with Crippen LogP contribution < -0.4 is 4.90 Å². The first-order valence-electron chi connectivity index (χ1n) is 6.07. The van der Waals surface area contributed by atoms with Crippen LogP contribution in [0.5, 0.6) is 5.75 Å². The topological polar surface area (TPSA) is 75.3 Å². The van der Waals surface area contributed by atoms with Gasteiger partial charge in [0, 0.05) is 19.3 Å². The second-order valence-corrected chi connectivity index (χ2v) is 4.32. The molecule has 3 rings (SSSR count). The molecule has 1 N–H and O–H groups in total. The zero-order valence-corrected chi connectivity index (χ0v) is 9.91. The third kappa shape index (κ3) is 2.01. The van der Waals surface area contributed by atoms with Crippen LogP contribution in [0.15, 0.2) is 22.9 Å². The summed E-state index contributed by atoms with van der Waals surface area (Å²) in [7, 11) is 0. The Balaban J connectivity index is 1.87. The van der Waals surface area contributed by atoms with E-state index >= 15 is 0 Å². The number of nitrogens with zero attached hydrogens (tertiary/aromatic N) is 4. The predicted molar refractivity (Wildman–Crippen MR) is 65.3 cm³/mol. The van der Waals surface area contributed by atoms with E-state index in [1.165, 1.54) is 6.42 Å². The highest BCUT2D eigenvalue weighted by atomic mass is 16.5. The molecule has 0 atom stereocenters. The molecule has 1 aliphatic heterocycles. The SMILES string of the molecule is Oc1cccnc1-c1nc(N2CCCCC2)no1. The van der Waals surface area contributed by atoms with Gasteiger partial charge in [-0.1, -0.05) is 0 Å². The van der Waals surface area contributed by atoms with Crippen molar-refractivity contribution < 1.29 is 9.63 Å². The van der Waals surface area contributed by atoms with Crippen molar-refractivity contribution in [2.75, 3.05) is 18.0 Å². The summed E-state index contributed by atoms with van der Waals surface area (Å²) in [5, 5.41) is 13.6. The van der Waals surface area contributed by atoms with Crippen LogP contribution in [0.1, 0.15) is 19.3 Å². The van der Waals surface area contributed by atoms with Crippen LogP contribution in [0, 0.1) is 0 Å². The molecule has 1 fully saturated rings. The first kappa shape index (κ1) is 11.0.